The highest BCUT2D eigenvalue weighted by atomic mass is 32.1. The molecule has 0 saturated heterocycles. The molecule has 0 atom stereocenters. The molecule has 0 aliphatic carbocycles. The molecule has 1 heterocycles. The molecule has 1 N–H and O–H groups in total. The number of benzene rings is 1. The first-order valence-electron chi connectivity index (χ1n) is 5.31. The van der Waals surface area contributed by atoms with Gasteiger partial charge in [-0.3, -0.25) is 0 Å². The highest BCUT2D eigenvalue weighted by molar-refractivity contribution is 7.22. The quantitative estimate of drug-likeness (QED) is 0.829. The maximum atomic E-state index is 4.99. The Hall–Kier alpha value is -1.13. The molecule has 2 rings (SSSR count). The molecule has 0 fully saturated rings. The predicted octanol–water partition coefficient (Wildman–Crippen LogP) is 2.97. The third-order valence-corrected chi connectivity index (χ3v) is 3.57. The van der Waals surface area contributed by atoms with Crippen LogP contribution in [0.3, 0.4) is 0 Å². The van der Waals surface area contributed by atoms with Crippen LogP contribution in [0.2, 0.25) is 0 Å². The SMILES string of the molecule is COCCNc1nc2cc(C)cc(C)c2s1. The Bertz CT molecular complexity index is 493. The summed E-state index contributed by atoms with van der Waals surface area (Å²) in [6.45, 7) is 5.73. The standard InChI is InChI=1S/C12H16N2OS/c1-8-6-9(2)11-10(7-8)14-12(16-11)13-4-5-15-3/h6-7H,4-5H2,1-3H3,(H,13,14). The van der Waals surface area contributed by atoms with Gasteiger partial charge in [-0.15, -0.1) is 0 Å². The number of nitrogens with one attached hydrogen (secondary N) is 1. The number of hydrogen-bond acceptors (Lipinski definition) is 4. The number of thiazole rings is 1. The summed E-state index contributed by atoms with van der Waals surface area (Å²) in [6, 6.07) is 4.32. The van der Waals surface area contributed by atoms with Gasteiger partial charge in [0.15, 0.2) is 5.13 Å². The average molecular weight is 236 g/mol. The number of methoxy groups -OCH3 is 1. The highest BCUT2D eigenvalue weighted by Crippen LogP contribution is 2.29. The van der Waals surface area contributed by atoms with E-state index in [1.54, 1.807) is 18.4 Å². The van der Waals surface area contributed by atoms with E-state index in [0.717, 1.165) is 17.2 Å². The molecule has 0 radical (unpaired) electrons. The van der Waals surface area contributed by atoms with E-state index < -0.39 is 0 Å². The van der Waals surface area contributed by atoms with E-state index in [1.165, 1.54) is 15.8 Å². The van der Waals surface area contributed by atoms with E-state index in [0.29, 0.717) is 6.61 Å². The second-order valence-electron chi connectivity index (χ2n) is 3.87. The van der Waals surface area contributed by atoms with Crippen LogP contribution in [-0.4, -0.2) is 25.2 Å². The van der Waals surface area contributed by atoms with Gasteiger partial charge in [-0.2, -0.15) is 0 Å². The zero-order chi connectivity index (χ0) is 11.5. The summed E-state index contributed by atoms with van der Waals surface area (Å²) in [4.78, 5) is 4.56. The van der Waals surface area contributed by atoms with Gasteiger partial charge >= 0.3 is 0 Å². The zero-order valence-corrected chi connectivity index (χ0v) is 10.6. The third-order valence-electron chi connectivity index (χ3n) is 2.40. The summed E-state index contributed by atoms with van der Waals surface area (Å²) in [6.07, 6.45) is 0. The van der Waals surface area contributed by atoms with E-state index in [2.05, 4.69) is 36.3 Å². The molecule has 0 amide bonds. The number of hydrogen-bond donors (Lipinski definition) is 1. The van der Waals surface area contributed by atoms with E-state index in [1.807, 2.05) is 0 Å². The molecule has 4 heteroatoms. The van der Waals surface area contributed by atoms with Crippen LogP contribution in [0.5, 0.6) is 0 Å². The topological polar surface area (TPSA) is 34.1 Å². The van der Waals surface area contributed by atoms with Crippen molar-refractivity contribution >= 4 is 26.7 Å². The summed E-state index contributed by atoms with van der Waals surface area (Å²) < 4.78 is 6.26. The number of aromatic nitrogens is 1. The third kappa shape index (κ3) is 2.33. The number of ether oxygens (including phenoxy) is 1. The van der Waals surface area contributed by atoms with Crippen LogP contribution in [0.25, 0.3) is 10.2 Å². The summed E-state index contributed by atoms with van der Waals surface area (Å²) >= 11 is 1.71. The Morgan fingerprint density at radius 1 is 1.38 bits per heavy atom. The highest BCUT2D eigenvalue weighted by Gasteiger charge is 2.06. The van der Waals surface area contributed by atoms with Gasteiger partial charge in [0.2, 0.25) is 0 Å². The fourth-order valence-corrected chi connectivity index (χ4v) is 2.65. The van der Waals surface area contributed by atoms with Crippen LogP contribution in [0, 0.1) is 13.8 Å². The average Bonchev–Trinajstić information content (AvgIpc) is 2.61. The first-order valence-corrected chi connectivity index (χ1v) is 6.13. The Labute approximate surface area is 99.5 Å². The lowest BCUT2D eigenvalue weighted by atomic mass is 10.1. The summed E-state index contributed by atoms with van der Waals surface area (Å²) in [5, 5.41) is 4.24. The number of nitrogens with zero attached hydrogens (tertiary/aromatic N) is 1. The minimum atomic E-state index is 0.702. The maximum absolute atomic E-state index is 4.99. The molecule has 0 saturated carbocycles. The number of aryl methyl sites for hydroxylation is 2. The van der Waals surface area contributed by atoms with Crippen molar-refractivity contribution in [1.82, 2.24) is 4.98 Å². The molecule has 0 unspecified atom stereocenters. The van der Waals surface area contributed by atoms with Crippen LogP contribution in [0.1, 0.15) is 11.1 Å². The molecule has 3 nitrogen and oxygen atoms in total. The van der Waals surface area contributed by atoms with Crippen molar-refractivity contribution in [3.8, 4) is 0 Å². The second kappa shape index (κ2) is 4.80. The van der Waals surface area contributed by atoms with Gasteiger partial charge in [0.1, 0.15) is 0 Å². The number of anilines is 1. The first kappa shape index (κ1) is 11.4. The van der Waals surface area contributed by atoms with E-state index in [4.69, 9.17) is 4.74 Å². The Kier molecular flexibility index (Phi) is 3.41. The van der Waals surface area contributed by atoms with Gasteiger partial charge in [0.25, 0.3) is 0 Å². The lowest BCUT2D eigenvalue weighted by Gasteiger charge is -1.99. The second-order valence-corrected chi connectivity index (χ2v) is 4.87. The largest absolute Gasteiger partial charge is 0.383 e. The molecule has 1 aromatic carbocycles. The summed E-state index contributed by atoms with van der Waals surface area (Å²) in [5.41, 5.74) is 3.65. The van der Waals surface area contributed by atoms with E-state index in [-0.39, 0.29) is 0 Å². The monoisotopic (exact) mass is 236 g/mol. The van der Waals surface area contributed by atoms with Gasteiger partial charge in [0, 0.05) is 13.7 Å². The first-order chi connectivity index (χ1) is 7.70. The molecular weight excluding hydrogens is 220 g/mol. The Balaban J connectivity index is 2.26. The minimum absolute atomic E-state index is 0.702. The van der Waals surface area contributed by atoms with Crippen molar-refractivity contribution in [3.05, 3.63) is 23.3 Å². The summed E-state index contributed by atoms with van der Waals surface area (Å²) in [5.74, 6) is 0. The zero-order valence-electron chi connectivity index (χ0n) is 9.83. The van der Waals surface area contributed by atoms with Crippen LogP contribution in [0.4, 0.5) is 5.13 Å². The minimum Gasteiger partial charge on any atom is -0.383 e. The molecule has 0 spiro atoms. The van der Waals surface area contributed by atoms with E-state index in [9.17, 15) is 0 Å². The van der Waals surface area contributed by atoms with Crippen molar-refractivity contribution in [3.63, 3.8) is 0 Å². The van der Waals surface area contributed by atoms with Crippen LogP contribution in [0.15, 0.2) is 12.1 Å². The van der Waals surface area contributed by atoms with Crippen molar-refractivity contribution in [2.24, 2.45) is 0 Å². The normalized spacial score (nSPS) is 10.9. The van der Waals surface area contributed by atoms with Gasteiger partial charge in [-0.1, -0.05) is 17.4 Å². The van der Waals surface area contributed by atoms with Crippen LogP contribution in [-0.2, 0) is 4.74 Å². The van der Waals surface area contributed by atoms with Crippen LogP contribution >= 0.6 is 11.3 Å². The molecular formula is C12H16N2OS. The van der Waals surface area contributed by atoms with Crippen molar-refractivity contribution < 1.29 is 4.74 Å². The smallest absolute Gasteiger partial charge is 0.183 e. The fraction of sp³-hybridized carbons (Fsp3) is 0.417. The van der Waals surface area contributed by atoms with Crippen molar-refractivity contribution in [2.75, 3.05) is 25.6 Å². The molecule has 0 aliphatic rings. The molecule has 0 aliphatic heterocycles. The van der Waals surface area contributed by atoms with Crippen molar-refractivity contribution in [2.45, 2.75) is 13.8 Å². The van der Waals surface area contributed by atoms with Gasteiger partial charge in [-0.25, -0.2) is 4.98 Å². The van der Waals surface area contributed by atoms with Crippen LogP contribution < -0.4 is 5.32 Å². The molecule has 86 valence electrons. The molecule has 16 heavy (non-hydrogen) atoms. The number of fused-ring (bicyclic) bond motifs is 1. The van der Waals surface area contributed by atoms with Gasteiger partial charge in [0.05, 0.1) is 16.8 Å². The Morgan fingerprint density at radius 3 is 2.94 bits per heavy atom. The molecule has 0 bridgehead atoms. The lowest BCUT2D eigenvalue weighted by molar-refractivity contribution is 0.211. The lowest BCUT2D eigenvalue weighted by Crippen LogP contribution is -2.06. The predicted molar refractivity (Wildman–Crippen MR) is 69.5 cm³/mol. The molecule has 1 aromatic heterocycles. The van der Waals surface area contributed by atoms with E-state index >= 15 is 0 Å². The van der Waals surface area contributed by atoms with Crippen molar-refractivity contribution in [1.29, 1.82) is 0 Å². The Morgan fingerprint density at radius 2 is 2.19 bits per heavy atom. The summed E-state index contributed by atoms with van der Waals surface area (Å²) in [7, 11) is 1.70. The maximum Gasteiger partial charge on any atom is 0.183 e. The van der Waals surface area contributed by atoms with Gasteiger partial charge < -0.3 is 10.1 Å². The fourth-order valence-electron chi connectivity index (χ4n) is 1.71. The molecule has 2 aromatic rings. The van der Waals surface area contributed by atoms with Gasteiger partial charge in [-0.05, 0) is 31.0 Å². The number of rotatable bonds is 4.